The van der Waals surface area contributed by atoms with E-state index in [0.717, 1.165) is 23.7 Å². The number of rotatable bonds is 8. The highest BCUT2D eigenvalue weighted by Gasteiger charge is 2.21. The summed E-state index contributed by atoms with van der Waals surface area (Å²) in [6.07, 6.45) is 0. The molecule has 0 fully saturated rings. The van der Waals surface area contributed by atoms with Gasteiger partial charge in [-0.05, 0) is 32.0 Å². The van der Waals surface area contributed by atoms with Crippen LogP contribution in [0.1, 0.15) is 29.8 Å². The molecule has 0 aromatic heterocycles. The summed E-state index contributed by atoms with van der Waals surface area (Å²) >= 11 is 0. The number of ether oxygens (including phenoxy) is 2. The molecule has 0 aliphatic carbocycles. The minimum absolute atomic E-state index is 0.116. The van der Waals surface area contributed by atoms with Gasteiger partial charge in [0, 0.05) is 37.0 Å². The number of nitrogens with one attached hydrogen (secondary N) is 2. The van der Waals surface area contributed by atoms with Gasteiger partial charge in [0.2, 0.25) is 6.79 Å². The van der Waals surface area contributed by atoms with E-state index in [2.05, 4.69) is 41.4 Å². The molecular formula is C22H28N3O4+. The lowest BCUT2D eigenvalue weighted by atomic mass is 10.1. The maximum Gasteiger partial charge on any atom is 0.279 e. The molecule has 1 atom stereocenters. The second-order valence-electron chi connectivity index (χ2n) is 7.37. The first-order chi connectivity index (χ1) is 13.9. The van der Waals surface area contributed by atoms with Gasteiger partial charge in [0.25, 0.3) is 5.91 Å². The van der Waals surface area contributed by atoms with Crippen molar-refractivity contribution in [3.63, 3.8) is 0 Å². The molecule has 2 aromatic carbocycles. The van der Waals surface area contributed by atoms with Crippen molar-refractivity contribution in [3.8, 4) is 11.5 Å². The van der Waals surface area contributed by atoms with Gasteiger partial charge in [0.1, 0.15) is 6.54 Å². The zero-order valence-electron chi connectivity index (χ0n) is 17.4. The standard InChI is InChI=1S/C22H27N3O4/c1-5-25(12-16-6-8-17(9-7-16)24(3)4)13-22(27)23-19-11-21-20(28-14-29-21)10-18(19)15(2)26/h6-11H,5,12-14H2,1-4H3,(H,23,27)/p+1. The number of nitrogens with zero attached hydrogens (tertiary/aromatic N) is 1. The lowest BCUT2D eigenvalue weighted by Crippen LogP contribution is -3.11. The number of amides is 1. The van der Waals surface area contributed by atoms with Gasteiger partial charge in [-0.15, -0.1) is 0 Å². The quantitative estimate of drug-likeness (QED) is 0.663. The number of benzene rings is 2. The third-order valence-electron chi connectivity index (χ3n) is 4.98. The van der Waals surface area contributed by atoms with Crippen LogP contribution in [-0.2, 0) is 11.3 Å². The smallest absolute Gasteiger partial charge is 0.279 e. The van der Waals surface area contributed by atoms with Gasteiger partial charge in [0.05, 0.1) is 12.2 Å². The third-order valence-corrected chi connectivity index (χ3v) is 4.98. The fourth-order valence-electron chi connectivity index (χ4n) is 3.27. The van der Waals surface area contributed by atoms with Crippen LogP contribution in [0, 0.1) is 0 Å². The number of fused-ring (bicyclic) bond motifs is 1. The molecule has 7 nitrogen and oxygen atoms in total. The Morgan fingerprint density at radius 1 is 1.10 bits per heavy atom. The van der Waals surface area contributed by atoms with E-state index in [4.69, 9.17) is 9.47 Å². The van der Waals surface area contributed by atoms with Gasteiger partial charge in [-0.1, -0.05) is 12.1 Å². The molecule has 29 heavy (non-hydrogen) atoms. The molecule has 0 radical (unpaired) electrons. The van der Waals surface area contributed by atoms with Crippen molar-refractivity contribution < 1.29 is 24.0 Å². The summed E-state index contributed by atoms with van der Waals surface area (Å²) in [6, 6.07) is 11.6. The molecule has 1 unspecified atom stereocenters. The first-order valence-corrected chi connectivity index (χ1v) is 9.71. The van der Waals surface area contributed by atoms with Gasteiger partial charge in [-0.2, -0.15) is 0 Å². The fourth-order valence-corrected chi connectivity index (χ4v) is 3.27. The van der Waals surface area contributed by atoms with Crippen LogP contribution in [-0.4, -0.2) is 45.7 Å². The van der Waals surface area contributed by atoms with Crippen LogP contribution >= 0.6 is 0 Å². The highest BCUT2D eigenvalue weighted by molar-refractivity contribution is 6.04. The van der Waals surface area contributed by atoms with E-state index in [0.29, 0.717) is 29.3 Å². The number of carbonyl (C=O) groups excluding carboxylic acids is 2. The normalized spacial score (nSPS) is 13.1. The van der Waals surface area contributed by atoms with Crippen molar-refractivity contribution in [2.75, 3.05) is 44.2 Å². The zero-order chi connectivity index (χ0) is 21.0. The van der Waals surface area contributed by atoms with E-state index in [1.165, 1.54) is 12.5 Å². The van der Waals surface area contributed by atoms with E-state index in [1.807, 2.05) is 14.1 Å². The van der Waals surface area contributed by atoms with Gasteiger partial charge in [-0.25, -0.2) is 0 Å². The van der Waals surface area contributed by atoms with Crippen molar-refractivity contribution >= 4 is 23.1 Å². The van der Waals surface area contributed by atoms with Crippen molar-refractivity contribution in [1.82, 2.24) is 0 Å². The molecule has 1 aliphatic heterocycles. The Labute approximate surface area is 171 Å². The van der Waals surface area contributed by atoms with Crippen LogP contribution in [0.3, 0.4) is 0 Å². The Hall–Kier alpha value is -3.06. The SMILES string of the molecule is CC[NH+](CC(=O)Nc1cc2c(cc1C(C)=O)OCO2)Cc1ccc(N(C)C)cc1. The highest BCUT2D eigenvalue weighted by Crippen LogP contribution is 2.37. The molecule has 0 bridgehead atoms. The minimum atomic E-state index is -0.145. The Morgan fingerprint density at radius 2 is 1.76 bits per heavy atom. The molecule has 2 aromatic rings. The summed E-state index contributed by atoms with van der Waals surface area (Å²) in [7, 11) is 4.02. The number of hydrogen-bond acceptors (Lipinski definition) is 5. The molecule has 0 spiro atoms. The van der Waals surface area contributed by atoms with Crippen LogP contribution in [0.4, 0.5) is 11.4 Å². The molecule has 7 heteroatoms. The summed E-state index contributed by atoms with van der Waals surface area (Å²) in [4.78, 5) is 27.8. The second-order valence-corrected chi connectivity index (χ2v) is 7.37. The summed E-state index contributed by atoms with van der Waals surface area (Å²) in [5.41, 5.74) is 3.19. The Balaban J connectivity index is 1.66. The number of Topliss-reactive ketones (excluding diaryl/α,β-unsaturated/α-hetero) is 1. The highest BCUT2D eigenvalue weighted by atomic mass is 16.7. The number of quaternary nitrogens is 1. The van der Waals surface area contributed by atoms with E-state index in [-0.39, 0.29) is 18.5 Å². The van der Waals surface area contributed by atoms with E-state index >= 15 is 0 Å². The van der Waals surface area contributed by atoms with Crippen molar-refractivity contribution in [2.24, 2.45) is 0 Å². The lowest BCUT2D eigenvalue weighted by molar-refractivity contribution is -0.903. The fraction of sp³-hybridized carbons (Fsp3) is 0.364. The Kier molecular flexibility index (Phi) is 6.39. The molecule has 0 saturated carbocycles. The van der Waals surface area contributed by atoms with E-state index in [1.54, 1.807) is 12.1 Å². The summed E-state index contributed by atoms with van der Waals surface area (Å²) in [5, 5.41) is 2.87. The maximum atomic E-state index is 12.7. The van der Waals surface area contributed by atoms with Gasteiger partial charge in [-0.3, -0.25) is 9.59 Å². The molecule has 0 saturated heterocycles. The predicted molar refractivity (Wildman–Crippen MR) is 112 cm³/mol. The van der Waals surface area contributed by atoms with Crippen LogP contribution in [0.5, 0.6) is 11.5 Å². The number of hydrogen-bond donors (Lipinski definition) is 2. The van der Waals surface area contributed by atoms with Crippen molar-refractivity contribution in [3.05, 3.63) is 47.5 Å². The summed E-state index contributed by atoms with van der Waals surface area (Å²) in [5.74, 6) is 0.772. The Bertz CT molecular complexity index is 894. The third kappa shape index (κ3) is 5.06. The van der Waals surface area contributed by atoms with E-state index < -0.39 is 0 Å². The zero-order valence-corrected chi connectivity index (χ0v) is 17.4. The average Bonchev–Trinajstić information content (AvgIpc) is 3.14. The van der Waals surface area contributed by atoms with Crippen LogP contribution in [0.15, 0.2) is 36.4 Å². The van der Waals surface area contributed by atoms with Crippen molar-refractivity contribution in [1.29, 1.82) is 0 Å². The Morgan fingerprint density at radius 3 is 2.34 bits per heavy atom. The largest absolute Gasteiger partial charge is 0.454 e. The first kappa shape index (κ1) is 20.7. The molecular weight excluding hydrogens is 370 g/mol. The topological polar surface area (TPSA) is 72.3 Å². The predicted octanol–water partition coefficient (Wildman–Crippen LogP) is 1.73. The minimum Gasteiger partial charge on any atom is -0.454 e. The van der Waals surface area contributed by atoms with E-state index in [9.17, 15) is 9.59 Å². The van der Waals surface area contributed by atoms with Crippen molar-refractivity contribution in [2.45, 2.75) is 20.4 Å². The molecule has 3 rings (SSSR count). The maximum absolute atomic E-state index is 12.7. The monoisotopic (exact) mass is 398 g/mol. The molecule has 2 N–H and O–H groups in total. The van der Waals surface area contributed by atoms with Gasteiger partial charge < -0.3 is 24.6 Å². The molecule has 1 aliphatic rings. The van der Waals surface area contributed by atoms with Crippen LogP contribution in [0.25, 0.3) is 0 Å². The second kappa shape index (κ2) is 8.96. The molecule has 1 heterocycles. The number of carbonyl (C=O) groups is 2. The lowest BCUT2D eigenvalue weighted by Gasteiger charge is -2.19. The summed E-state index contributed by atoms with van der Waals surface area (Å²) in [6.45, 7) is 5.50. The first-order valence-electron chi connectivity index (χ1n) is 9.71. The summed E-state index contributed by atoms with van der Waals surface area (Å²) < 4.78 is 10.7. The van der Waals surface area contributed by atoms with Crippen LogP contribution in [0.2, 0.25) is 0 Å². The molecule has 154 valence electrons. The van der Waals surface area contributed by atoms with Crippen LogP contribution < -0.4 is 24.6 Å². The van der Waals surface area contributed by atoms with Gasteiger partial charge >= 0.3 is 0 Å². The number of likely N-dealkylation sites (N-methyl/N-ethyl adjacent to an activating group) is 1. The number of anilines is 2. The number of ketones is 1. The van der Waals surface area contributed by atoms with Gasteiger partial charge in [0.15, 0.2) is 23.8 Å². The average molecular weight is 398 g/mol. The molecule has 1 amide bonds.